The number of esters is 2. The van der Waals surface area contributed by atoms with Crippen molar-refractivity contribution in [3.63, 3.8) is 0 Å². The van der Waals surface area contributed by atoms with Crippen molar-refractivity contribution in [1.29, 1.82) is 0 Å². The summed E-state index contributed by atoms with van der Waals surface area (Å²) in [5, 5.41) is 0. The fourth-order valence-electron chi connectivity index (χ4n) is 5.02. The highest BCUT2D eigenvalue weighted by atomic mass is 16.5. The van der Waals surface area contributed by atoms with Gasteiger partial charge in [0.1, 0.15) is 23.5 Å². The number of nitrogens with one attached hydrogen (secondary N) is 1. The zero-order valence-electron chi connectivity index (χ0n) is 25.0. The van der Waals surface area contributed by atoms with Crippen molar-refractivity contribution < 1.29 is 19.1 Å². The minimum absolute atomic E-state index is 0.0482. The van der Waals surface area contributed by atoms with Crippen molar-refractivity contribution >= 4 is 23.5 Å². The van der Waals surface area contributed by atoms with Gasteiger partial charge in [0.25, 0.3) is 0 Å². The van der Waals surface area contributed by atoms with E-state index in [1.54, 1.807) is 13.1 Å². The van der Waals surface area contributed by atoms with Crippen molar-refractivity contribution in [3.8, 4) is 22.4 Å². The average Bonchev–Trinajstić information content (AvgIpc) is 3.59. The molecule has 2 unspecified atom stereocenters. The number of rotatable bonds is 10. The summed E-state index contributed by atoms with van der Waals surface area (Å²) in [5.41, 5.74) is 5.47. The molecule has 0 aliphatic carbocycles. The van der Waals surface area contributed by atoms with Crippen LogP contribution in [0.15, 0.2) is 64.7 Å². The number of aliphatic imine (C=N–C) groups is 2. The van der Waals surface area contributed by atoms with Crippen molar-refractivity contribution in [1.82, 2.24) is 9.97 Å². The van der Waals surface area contributed by atoms with Gasteiger partial charge in [-0.3, -0.25) is 14.6 Å². The van der Waals surface area contributed by atoms with Crippen molar-refractivity contribution in [2.45, 2.75) is 54.4 Å². The Hall–Kier alpha value is -4.07. The molecule has 0 radical (unpaired) electrons. The molecule has 8 heteroatoms. The van der Waals surface area contributed by atoms with Gasteiger partial charge in [0.2, 0.25) is 0 Å². The van der Waals surface area contributed by atoms with Crippen molar-refractivity contribution in [3.05, 3.63) is 66.1 Å². The predicted molar refractivity (Wildman–Crippen MR) is 162 cm³/mol. The third kappa shape index (κ3) is 6.81. The van der Waals surface area contributed by atoms with Crippen LogP contribution < -0.4 is 0 Å². The zero-order valence-corrected chi connectivity index (χ0v) is 25.0. The van der Waals surface area contributed by atoms with E-state index in [-0.39, 0.29) is 23.3 Å². The van der Waals surface area contributed by atoms with E-state index in [2.05, 4.69) is 39.2 Å². The van der Waals surface area contributed by atoms with Gasteiger partial charge >= 0.3 is 11.9 Å². The summed E-state index contributed by atoms with van der Waals surface area (Å²) in [7, 11) is 0. The van der Waals surface area contributed by atoms with E-state index in [1.807, 2.05) is 65.8 Å². The Labute approximate surface area is 242 Å². The van der Waals surface area contributed by atoms with Gasteiger partial charge in [0.05, 0.1) is 37.4 Å². The summed E-state index contributed by atoms with van der Waals surface area (Å²) < 4.78 is 10.6. The van der Waals surface area contributed by atoms with Crippen LogP contribution in [0.3, 0.4) is 0 Å². The van der Waals surface area contributed by atoms with Gasteiger partial charge in [-0.15, -0.1) is 0 Å². The first-order valence-corrected chi connectivity index (χ1v) is 14.2. The highest BCUT2D eigenvalue weighted by Gasteiger charge is 2.36. The minimum atomic E-state index is -0.485. The Morgan fingerprint density at radius 2 is 1.39 bits per heavy atom. The lowest BCUT2D eigenvalue weighted by Gasteiger charge is -2.27. The molecule has 0 bridgehead atoms. The molecule has 4 rings (SSSR count). The molecule has 3 aromatic rings. The molecule has 2 atom stereocenters. The lowest BCUT2D eigenvalue weighted by molar-refractivity contribution is -0.148. The highest BCUT2D eigenvalue weighted by Crippen LogP contribution is 2.36. The SMILES string of the molecule is CCOC(=O)C(C1=NCC(c2ccc(-c3ccc(-c4cnc(C(C(=O)OCC)C(C)(C)C)[nH]4)cc3)cc2)=N1)C(C)C. The molecule has 1 aromatic heterocycles. The van der Waals surface area contributed by atoms with E-state index in [9.17, 15) is 9.59 Å². The van der Waals surface area contributed by atoms with E-state index < -0.39 is 11.8 Å². The first-order chi connectivity index (χ1) is 19.5. The van der Waals surface area contributed by atoms with Crippen LogP contribution in [0.4, 0.5) is 0 Å². The van der Waals surface area contributed by atoms with E-state index in [4.69, 9.17) is 14.5 Å². The molecule has 41 heavy (non-hydrogen) atoms. The van der Waals surface area contributed by atoms with Gasteiger partial charge in [-0.25, -0.2) is 9.98 Å². The molecule has 1 aliphatic heterocycles. The number of ether oxygens (including phenoxy) is 2. The monoisotopic (exact) mass is 556 g/mol. The van der Waals surface area contributed by atoms with Gasteiger partial charge in [0.15, 0.2) is 0 Å². The summed E-state index contributed by atoms with van der Waals surface area (Å²) in [6.45, 7) is 14.7. The Kier molecular flexibility index (Phi) is 9.21. The van der Waals surface area contributed by atoms with Crippen LogP contribution in [-0.4, -0.2) is 53.2 Å². The number of amidine groups is 1. The smallest absolute Gasteiger partial charge is 0.317 e. The second kappa shape index (κ2) is 12.6. The normalized spacial score (nSPS) is 14.8. The fraction of sp³-hybridized carbons (Fsp3) is 0.424. The second-order valence-electron chi connectivity index (χ2n) is 11.6. The minimum Gasteiger partial charge on any atom is -0.465 e. The number of carbonyl (C=O) groups excluding carboxylic acids is 2. The summed E-state index contributed by atoms with van der Waals surface area (Å²) >= 11 is 0. The molecule has 2 aromatic carbocycles. The molecule has 0 saturated heterocycles. The Bertz CT molecular complexity index is 1430. The molecule has 0 amide bonds. The largest absolute Gasteiger partial charge is 0.465 e. The second-order valence-corrected chi connectivity index (χ2v) is 11.6. The molecule has 216 valence electrons. The van der Waals surface area contributed by atoms with Gasteiger partial charge in [-0.2, -0.15) is 0 Å². The van der Waals surface area contributed by atoms with Crippen LogP contribution in [0.5, 0.6) is 0 Å². The molecule has 8 nitrogen and oxygen atoms in total. The number of imidazole rings is 1. The quantitative estimate of drug-likeness (QED) is 0.288. The Morgan fingerprint density at radius 1 is 0.854 bits per heavy atom. The summed E-state index contributed by atoms with van der Waals surface area (Å²) in [4.78, 5) is 42.3. The molecule has 0 saturated carbocycles. The molecular formula is C33H40N4O4. The van der Waals surface area contributed by atoms with Crippen LogP contribution in [-0.2, 0) is 19.1 Å². The summed E-state index contributed by atoms with van der Waals surface area (Å²) in [6, 6.07) is 16.4. The maximum absolute atomic E-state index is 12.7. The van der Waals surface area contributed by atoms with Crippen LogP contribution in [0.1, 0.15) is 65.8 Å². The highest BCUT2D eigenvalue weighted by molar-refractivity contribution is 6.16. The lowest BCUT2D eigenvalue weighted by Crippen LogP contribution is -2.29. The van der Waals surface area contributed by atoms with E-state index in [0.717, 1.165) is 33.7 Å². The number of carbonyl (C=O) groups is 2. The Balaban J connectivity index is 1.48. The average molecular weight is 557 g/mol. The topological polar surface area (TPSA) is 106 Å². The molecule has 1 N–H and O–H groups in total. The van der Waals surface area contributed by atoms with Crippen molar-refractivity contribution in [2.75, 3.05) is 19.8 Å². The first-order valence-electron chi connectivity index (χ1n) is 14.2. The molecule has 2 heterocycles. The zero-order chi connectivity index (χ0) is 29.7. The fourth-order valence-corrected chi connectivity index (χ4v) is 5.02. The third-order valence-corrected chi connectivity index (χ3v) is 7.13. The maximum Gasteiger partial charge on any atom is 0.317 e. The number of aromatic nitrogens is 2. The number of hydrogen-bond acceptors (Lipinski definition) is 7. The van der Waals surface area contributed by atoms with E-state index in [0.29, 0.717) is 31.4 Å². The number of nitrogens with zero attached hydrogens (tertiary/aromatic N) is 3. The van der Waals surface area contributed by atoms with Crippen LogP contribution in [0, 0.1) is 17.3 Å². The molecule has 1 aliphatic rings. The van der Waals surface area contributed by atoms with Crippen LogP contribution in [0.25, 0.3) is 22.4 Å². The van der Waals surface area contributed by atoms with Crippen molar-refractivity contribution in [2.24, 2.45) is 27.2 Å². The van der Waals surface area contributed by atoms with Crippen LogP contribution >= 0.6 is 0 Å². The van der Waals surface area contributed by atoms with Crippen LogP contribution in [0.2, 0.25) is 0 Å². The number of aromatic amines is 1. The van der Waals surface area contributed by atoms with E-state index in [1.165, 1.54) is 0 Å². The van der Waals surface area contributed by atoms with E-state index >= 15 is 0 Å². The summed E-state index contributed by atoms with van der Waals surface area (Å²) in [5.74, 6) is -0.288. The summed E-state index contributed by atoms with van der Waals surface area (Å²) in [6.07, 6.45) is 1.77. The number of H-pyrrole nitrogens is 1. The number of hydrogen-bond donors (Lipinski definition) is 1. The molecule has 0 fully saturated rings. The molecule has 0 spiro atoms. The predicted octanol–water partition coefficient (Wildman–Crippen LogP) is 6.47. The standard InChI is InChI=1S/C33H40N4O4/c1-8-40-31(38)27(20(3)4)29-34-18-25(36-29)23-14-10-21(11-15-23)22-12-16-24(17-13-22)26-19-35-30(37-26)28(33(5,6)7)32(39)41-9-2/h10-17,19-20,27-28H,8-9,18H2,1-7H3,(H,35,37). The first kappa shape index (κ1) is 29.9. The van der Waals surface area contributed by atoms with Gasteiger partial charge in [-0.05, 0) is 47.4 Å². The van der Waals surface area contributed by atoms with Gasteiger partial charge < -0.3 is 14.5 Å². The third-order valence-electron chi connectivity index (χ3n) is 7.13. The molecular weight excluding hydrogens is 516 g/mol. The lowest BCUT2D eigenvalue weighted by atomic mass is 9.80. The number of benzene rings is 2. The van der Waals surface area contributed by atoms with Gasteiger partial charge in [-0.1, -0.05) is 83.1 Å². The maximum atomic E-state index is 12.7. The Morgan fingerprint density at radius 3 is 1.93 bits per heavy atom. The van der Waals surface area contributed by atoms with Gasteiger partial charge in [0, 0.05) is 0 Å².